The zero-order valence-corrected chi connectivity index (χ0v) is 8.92. The zero-order valence-electron chi connectivity index (χ0n) is 8.16. The number of nitrogens with one attached hydrogen (secondary N) is 1. The largest absolute Gasteiger partial charge is 0.294 e. The Labute approximate surface area is 92.4 Å². The molecule has 0 spiro atoms. The molecule has 78 valence electrons. The topological polar surface area (TPSA) is 45.8 Å². The van der Waals surface area contributed by atoms with Gasteiger partial charge in [0.15, 0.2) is 5.78 Å². The number of nitrogens with zero attached hydrogens (tertiary/aromatic N) is 1. The van der Waals surface area contributed by atoms with Gasteiger partial charge in [-0.05, 0) is 24.6 Å². The average molecular weight is 223 g/mol. The summed E-state index contributed by atoms with van der Waals surface area (Å²) in [7, 11) is 0. The quantitative estimate of drug-likeness (QED) is 0.639. The van der Waals surface area contributed by atoms with Crippen molar-refractivity contribution in [1.29, 1.82) is 0 Å². The number of carbonyl (C=O) groups is 1. The van der Waals surface area contributed by atoms with Crippen molar-refractivity contribution in [1.82, 2.24) is 10.2 Å². The van der Waals surface area contributed by atoms with Gasteiger partial charge in [0.05, 0.1) is 11.7 Å². The van der Waals surface area contributed by atoms with Crippen LogP contribution in [0.5, 0.6) is 0 Å². The first-order valence-electron chi connectivity index (χ1n) is 4.83. The summed E-state index contributed by atoms with van der Waals surface area (Å²) in [6.07, 6.45) is 2.95. The van der Waals surface area contributed by atoms with Gasteiger partial charge in [0.1, 0.15) is 0 Å². The third kappa shape index (κ3) is 2.18. The van der Waals surface area contributed by atoms with Crippen LogP contribution in [0.2, 0.25) is 0 Å². The number of fused-ring (bicyclic) bond motifs is 1. The minimum absolute atomic E-state index is 0.138. The number of carbonyl (C=O) groups excluding carboxylic acids is 1. The Balaban J connectivity index is 2.23. The Morgan fingerprint density at radius 1 is 1.47 bits per heavy atom. The molecule has 0 saturated carbocycles. The van der Waals surface area contributed by atoms with E-state index < -0.39 is 0 Å². The molecule has 3 nitrogen and oxygen atoms in total. The Hall–Kier alpha value is -1.35. The molecule has 0 bridgehead atoms. The molecular weight excluding hydrogens is 212 g/mol. The molecule has 1 heterocycles. The first kappa shape index (κ1) is 10.2. The van der Waals surface area contributed by atoms with Crippen LogP contribution in [0.15, 0.2) is 24.4 Å². The SMILES string of the molecule is O=C(CCCCl)c1ccc2[nH]ncc2c1. The van der Waals surface area contributed by atoms with Crippen molar-refractivity contribution in [3.63, 3.8) is 0 Å². The molecule has 0 unspecified atom stereocenters. The smallest absolute Gasteiger partial charge is 0.162 e. The molecule has 0 aliphatic heterocycles. The summed E-state index contributed by atoms with van der Waals surface area (Å²) < 4.78 is 0. The maximum Gasteiger partial charge on any atom is 0.162 e. The summed E-state index contributed by atoms with van der Waals surface area (Å²) in [6.45, 7) is 0. The highest BCUT2D eigenvalue weighted by Gasteiger charge is 2.06. The van der Waals surface area contributed by atoms with E-state index in [-0.39, 0.29) is 5.78 Å². The van der Waals surface area contributed by atoms with Crippen LogP contribution < -0.4 is 0 Å². The van der Waals surface area contributed by atoms with Crippen molar-refractivity contribution in [2.75, 3.05) is 5.88 Å². The molecular formula is C11H11ClN2O. The number of benzene rings is 1. The second-order valence-corrected chi connectivity index (χ2v) is 3.77. The predicted molar refractivity (Wildman–Crippen MR) is 60.4 cm³/mol. The number of hydrogen-bond donors (Lipinski definition) is 1. The molecule has 0 atom stereocenters. The summed E-state index contributed by atoms with van der Waals surface area (Å²) in [4.78, 5) is 11.7. The first-order valence-corrected chi connectivity index (χ1v) is 5.37. The molecule has 2 rings (SSSR count). The van der Waals surface area contributed by atoms with Gasteiger partial charge in [-0.15, -0.1) is 11.6 Å². The standard InChI is InChI=1S/C11H11ClN2O/c12-5-1-2-11(15)8-3-4-10-9(6-8)7-13-14-10/h3-4,6-7H,1-2,5H2,(H,13,14). The lowest BCUT2D eigenvalue weighted by atomic mass is 10.1. The third-order valence-corrected chi connectivity index (χ3v) is 2.57. The number of aromatic nitrogens is 2. The van der Waals surface area contributed by atoms with Crippen molar-refractivity contribution in [3.05, 3.63) is 30.0 Å². The Morgan fingerprint density at radius 2 is 2.33 bits per heavy atom. The number of H-pyrrole nitrogens is 1. The lowest BCUT2D eigenvalue weighted by Crippen LogP contribution is -1.98. The van der Waals surface area contributed by atoms with Gasteiger partial charge in [-0.3, -0.25) is 9.89 Å². The molecule has 0 radical (unpaired) electrons. The van der Waals surface area contributed by atoms with Gasteiger partial charge in [-0.1, -0.05) is 0 Å². The molecule has 0 aliphatic carbocycles. The number of alkyl halides is 1. The van der Waals surface area contributed by atoms with E-state index in [0.717, 1.165) is 22.9 Å². The average Bonchev–Trinajstić information content (AvgIpc) is 2.72. The number of ketones is 1. The van der Waals surface area contributed by atoms with Crippen LogP contribution in [0.1, 0.15) is 23.2 Å². The number of hydrogen-bond acceptors (Lipinski definition) is 2. The second kappa shape index (κ2) is 4.45. The summed E-state index contributed by atoms with van der Waals surface area (Å²) in [5.74, 6) is 0.665. The fraction of sp³-hybridized carbons (Fsp3) is 0.273. The first-order chi connectivity index (χ1) is 7.31. The van der Waals surface area contributed by atoms with Gasteiger partial charge >= 0.3 is 0 Å². The molecule has 1 aromatic carbocycles. The third-order valence-electron chi connectivity index (χ3n) is 2.30. The van der Waals surface area contributed by atoms with Gasteiger partial charge in [0.25, 0.3) is 0 Å². The van der Waals surface area contributed by atoms with Gasteiger partial charge in [0, 0.05) is 23.3 Å². The summed E-state index contributed by atoms with van der Waals surface area (Å²) in [5, 5.41) is 7.72. The van der Waals surface area contributed by atoms with Crippen LogP contribution in [0, 0.1) is 0 Å². The highest BCUT2D eigenvalue weighted by molar-refractivity contribution is 6.18. The van der Waals surface area contributed by atoms with Crippen molar-refractivity contribution in [2.45, 2.75) is 12.8 Å². The summed E-state index contributed by atoms with van der Waals surface area (Å²) in [5.41, 5.74) is 1.68. The maximum absolute atomic E-state index is 11.7. The minimum atomic E-state index is 0.138. The Bertz CT molecular complexity index is 478. The summed E-state index contributed by atoms with van der Waals surface area (Å²) >= 11 is 5.54. The molecule has 0 aliphatic rings. The number of Topliss-reactive ketones (excluding diaryl/α,β-unsaturated/α-hetero) is 1. The van der Waals surface area contributed by atoms with E-state index in [4.69, 9.17) is 11.6 Å². The normalized spacial score (nSPS) is 10.7. The minimum Gasteiger partial charge on any atom is -0.294 e. The van der Waals surface area contributed by atoms with Gasteiger partial charge in [-0.2, -0.15) is 5.10 Å². The highest BCUT2D eigenvalue weighted by Crippen LogP contribution is 2.14. The van der Waals surface area contributed by atoms with E-state index in [1.807, 2.05) is 18.2 Å². The van der Waals surface area contributed by atoms with E-state index in [2.05, 4.69) is 10.2 Å². The van der Waals surface area contributed by atoms with Crippen LogP contribution in [0.25, 0.3) is 10.9 Å². The maximum atomic E-state index is 11.7. The van der Waals surface area contributed by atoms with E-state index in [9.17, 15) is 4.79 Å². The highest BCUT2D eigenvalue weighted by atomic mass is 35.5. The fourth-order valence-corrected chi connectivity index (χ4v) is 1.62. The van der Waals surface area contributed by atoms with Crippen molar-refractivity contribution < 1.29 is 4.79 Å². The number of halogens is 1. The molecule has 15 heavy (non-hydrogen) atoms. The van der Waals surface area contributed by atoms with E-state index in [1.54, 1.807) is 6.20 Å². The van der Waals surface area contributed by atoms with E-state index in [0.29, 0.717) is 12.3 Å². The van der Waals surface area contributed by atoms with Crippen LogP contribution in [0.3, 0.4) is 0 Å². The molecule has 1 N–H and O–H groups in total. The van der Waals surface area contributed by atoms with Crippen LogP contribution in [0.4, 0.5) is 0 Å². The monoisotopic (exact) mass is 222 g/mol. The van der Waals surface area contributed by atoms with Gasteiger partial charge in [0.2, 0.25) is 0 Å². The molecule has 2 aromatic rings. The number of rotatable bonds is 4. The van der Waals surface area contributed by atoms with Crippen molar-refractivity contribution >= 4 is 28.3 Å². The van der Waals surface area contributed by atoms with Gasteiger partial charge < -0.3 is 0 Å². The van der Waals surface area contributed by atoms with Crippen LogP contribution >= 0.6 is 11.6 Å². The molecule has 0 saturated heterocycles. The van der Waals surface area contributed by atoms with Gasteiger partial charge in [-0.25, -0.2) is 0 Å². The Kier molecular flexibility index (Phi) is 3.02. The summed E-state index contributed by atoms with van der Waals surface area (Å²) in [6, 6.07) is 5.54. The molecule has 1 aromatic heterocycles. The van der Waals surface area contributed by atoms with Crippen molar-refractivity contribution in [2.24, 2.45) is 0 Å². The Morgan fingerprint density at radius 3 is 3.13 bits per heavy atom. The second-order valence-electron chi connectivity index (χ2n) is 3.39. The van der Waals surface area contributed by atoms with Crippen LogP contribution in [-0.4, -0.2) is 21.9 Å². The lowest BCUT2D eigenvalue weighted by molar-refractivity contribution is 0.0982. The molecule has 0 amide bonds. The zero-order chi connectivity index (χ0) is 10.7. The lowest BCUT2D eigenvalue weighted by Gasteiger charge is -1.99. The van der Waals surface area contributed by atoms with E-state index in [1.165, 1.54) is 0 Å². The number of aromatic amines is 1. The molecule has 4 heteroatoms. The fourth-order valence-electron chi connectivity index (χ4n) is 1.49. The van der Waals surface area contributed by atoms with Crippen LogP contribution in [-0.2, 0) is 0 Å². The molecule has 0 fully saturated rings. The predicted octanol–water partition coefficient (Wildman–Crippen LogP) is 2.76. The van der Waals surface area contributed by atoms with E-state index >= 15 is 0 Å². The van der Waals surface area contributed by atoms with Crippen molar-refractivity contribution in [3.8, 4) is 0 Å².